The van der Waals surface area contributed by atoms with Gasteiger partial charge in [0.1, 0.15) is 11.4 Å². The predicted octanol–water partition coefficient (Wildman–Crippen LogP) is 4.74. The number of rotatable bonds is 7. The SMILES string of the molecule is CC1(C)CCc2cc(CC(CN3CCCC3)N=C([O-])[C@@H]3CCN(c4ccc(Cl)cc4)C3)ccc2O1. The average Bonchev–Trinajstić information content (AvgIpc) is 3.52. The number of fused-ring (bicyclic) bond motifs is 1. The van der Waals surface area contributed by atoms with E-state index in [1.807, 2.05) is 24.3 Å². The molecule has 2 aromatic rings. The van der Waals surface area contributed by atoms with Gasteiger partial charge >= 0.3 is 0 Å². The maximum atomic E-state index is 13.3. The Labute approximate surface area is 214 Å². The van der Waals surface area contributed by atoms with Crippen molar-refractivity contribution in [1.82, 2.24) is 4.90 Å². The number of likely N-dealkylation sites (tertiary alicyclic amines) is 1. The van der Waals surface area contributed by atoms with Crippen LogP contribution in [-0.4, -0.2) is 55.2 Å². The van der Waals surface area contributed by atoms with Crippen LogP contribution in [0.2, 0.25) is 5.02 Å². The van der Waals surface area contributed by atoms with Gasteiger partial charge in [0.15, 0.2) is 0 Å². The molecule has 1 unspecified atom stereocenters. The molecule has 5 rings (SSSR count). The monoisotopic (exact) mass is 494 g/mol. The highest BCUT2D eigenvalue weighted by atomic mass is 35.5. The number of halogens is 1. The van der Waals surface area contributed by atoms with Crippen LogP contribution in [0.1, 0.15) is 50.7 Å². The first-order valence-corrected chi connectivity index (χ1v) is 13.5. The Hall–Kier alpha value is -2.24. The molecule has 3 heterocycles. The zero-order valence-corrected chi connectivity index (χ0v) is 21.8. The molecule has 6 heteroatoms. The highest BCUT2D eigenvalue weighted by Crippen LogP contribution is 2.34. The summed E-state index contributed by atoms with van der Waals surface area (Å²) in [5, 5.41) is 14.0. The van der Waals surface area contributed by atoms with E-state index in [1.165, 1.54) is 24.0 Å². The number of aryl methyl sites for hydroxylation is 1. The molecule has 0 N–H and O–H groups in total. The fourth-order valence-electron chi connectivity index (χ4n) is 5.66. The summed E-state index contributed by atoms with van der Waals surface area (Å²) in [6.45, 7) is 9.00. The van der Waals surface area contributed by atoms with E-state index < -0.39 is 0 Å². The smallest absolute Gasteiger partial charge is 0.123 e. The second-order valence-electron chi connectivity index (χ2n) is 11.0. The van der Waals surface area contributed by atoms with Gasteiger partial charge in [0.05, 0.1) is 6.04 Å². The second-order valence-corrected chi connectivity index (χ2v) is 11.5. The quantitative estimate of drug-likeness (QED) is 0.412. The van der Waals surface area contributed by atoms with Gasteiger partial charge in [-0.3, -0.25) is 0 Å². The minimum atomic E-state index is -0.101. The summed E-state index contributed by atoms with van der Waals surface area (Å²) >= 11 is 6.04. The van der Waals surface area contributed by atoms with Crippen LogP contribution in [-0.2, 0) is 12.8 Å². The van der Waals surface area contributed by atoms with Crippen LogP contribution in [0.25, 0.3) is 0 Å². The lowest BCUT2D eigenvalue weighted by Gasteiger charge is -2.33. The number of hydrogen-bond acceptors (Lipinski definition) is 5. The summed E-state index contributed by atoms with van der Waals surface area (Å²) in [6, 6.07) is 14.4. The zero-order chi connectivity index (χ0) is 24.4. The van der Waals surface area contributed by atoms with Crippen LogP contribution in [0, 0.1) is 5.92 Å². The lowest BCUT2D eigenvalue weighted by atomic mass is 9.92. The van der Waals surface area contributed by atoms with Gasteiger partial charge in [-0.25, -0.2) is 0 Å². The van der Waals surface area contributed by atoms with Gasteiger partial charge in [-0.15, -0.1) is 0 Å². The maximum absolute atomic E-state index is 13.3. The number of benzene rings is 2. The molecule has 0 aromatic heterocycles. The molecular weight excluding hydrogens is 458 g/mol. The molecule has 0 bridgehead atoms. The largest absolute Gasteiger partial charge is 0.862 e. The maximum Gasteiger partial charge on any atom is 0.123 e. The molecule has 0 aliphatic carbocycles. The van der Waals surface area contributed by atoms with Gasteiger partial charge in [0.25, 0.3) is 0 Å². The summed E-state index contributed by atoms with van der Waals surface area (Å²) in [6.07, 6.45) is 6.19. The van der Waals surface area contributed by atoms with Crippen molar-refractivity contribution in [3.63, 3.8) is 0 Å². The second kappa shape index (κ2) is 10.4. The Morgan fingerprint density at radius 3 is 2.69 bits per heavy atom. The van der Waals surface area contributed by atoms with Crippen molar-refractivity contribution < 1.29 is 9.84 Å². The molecule has 3 aliphatic rings. The van der Waals surface area contributed by atoms with Gasteiger partial charge in [-0.1, -0.05) is 23.7 Å². The Morgan fingerprint density at radius 2 is 1.91 bits per heavy atom. The topological polar surface area (TPSA) is 51.1 Å². The number of nitrogens with zero attached hydrogens (tertiary/aromatic N) is 3. The van der Waals surface area contributed by atoms with E-state index in [0.717, 1.165) is 74.9 Å². The molecule has 0 saturated carbocycles. The third kappa shape index (κ3) is 6.13. The minimum absolute atomic E-state index is 0.0100. The lowest BCUT2D eigenvalue weighted by molar-refractivity contribution is -0.223. The summed E-state index contributed by atoms with van der Waals surface area (Å²) in [4.78, 5) is 9.58. The van der Waals surface area contributed by atoms with E-state index in [1.54, 1.807) is 0 Å². The highest BCUT2D eigenvalue weighted by Gasteiger charge is 2.27. The number of ether oxygens (including phenoxy) is 1. The van der Waals surface area contributed by atoms with Gasteiger partial charge in [-0.2, -0.15) is 0 Å². The number of aliphatic imine (C=N–C) groups is 1. The fourth-order valence-corrected chi connectivity index (χ4v) is 5.79. The van der Waals surface area contributed by atoms with E-state index in [9.17, 15) is 5.11 Å². The normalized spacial score (nSPS) is 23.2. The first-order valence-electron chi connectivity index (χ1n) is 13.1. The zero-order valence-electron chi connectivity index (χ0n) is 21.0. The van der Waals surface area contributed by atoms with Crippen LogP contribution in [0.3, 0.4) is 0 Å². The van der Waals surface area contributed by atoms with Gasteiger partial charge in [0.2, 0.25) is 0 Å². The molecular formula is C29H37ClN3O2-. The molecule has 2 fully saturated rings. The van der Waals surface area contributed by atoms with E-state index in [2.05, 4.69) is 41.8 Å². The fraction of sp³-hybridized carbons (Fsp3) is 0.552. The molecule has 2 saturated heterocycles. The van der Waals surface area contributed by atoms with Crippen molar-refractivity contribution in [1.29, 1.82) is 0 Å². The lowest BCUT2D eigenvalue weighted by Crippen LogP contribution is -2.36. The molecule has 0 amide bonds. The van der Waals surface area contributed by atoms with E-state index in [0.29, 0.717) is 0 Å². The number of anilines is 1. The summed E-state index contributed by atoms with van der Waals surface area (Å²) in [5.41, 5.74) is 3.55. The summed E-state index contributed by atoms with van der Waals surface area (Å²) < 4.78 is 6.17. The predicted molar refractivity (Wildman–Crippen MR) is 142 cm³/mol. The van der Waals surface area contributed by atoms with Crippen molar-refractivity contribution in [3.8, 4) is 5.75 Å². The van der Waals surface area contributed by atoms with Crippen LogP contribution < -0.4 is 14.7 Å². The molecule has 2 atom stereocenters. The Morgan fingerprint density at radius 1 is 1.14 bits per heavy atom. The average molecular weight is 495 g/mol. The first-order chi connectivity index (χ1) is 16.8. The molecule has 5 nitrogen and oxygen atoms in total. The van der Waals surface area contributed by atoms with E-state index >= 15 is 0 Å². The van der Waals surface area contributed by atoms with Crippen molar-refractivity contribution in [2.45, 2.75) is 64.0 Å². The van der Waals surface area contributed by atoms with Crippen molar-refractivity contribution >= 4 is 23.2 Å². The Balaban J connectivity index is 1.29. The van der Waals surface area contributed by atoms with Crippen LogP contribution in [0.15, 0.2) is 47.5 Å². The van der Waals surface area contributed by atoms with Crippen LogP contribution in [0.4, 0.5) is 5.69 Å². The van der Waals surface area contributed by atoms with Crippen molar-refractivity contribution in [3.05, 3.63) is 58.6 Å². The Kier molecular flexibility index (Phi) is 7.26. The van der Waals surface area contributed by atoms with E-state index in [4.69, 9.17) is 21.3 Å². The summed E-state index contributed by atoms with van der Waals surface area (Å²) in [7, 11) is 0. The third-order valence-corrected chi connectivity index (χ3v) is 7.94. The van der Waals surface area contributed by atoms with Gasteiger partial charge < -0.3 is 24.6 Å². The molecule has 188 valence electrons. The molecule has 0 spiro atoms. The number of hydrogen-bond donors (Lipinski definition) is 0. The van der Waals surface area contributed by atoms with Gasteiger partial charge in [0, 0.05) is 36.3 Å². The Bertz CT molecular complexity index is 1050. The highest BCUT2D eigenvalue weighted by molar-refractivity contribution is 6.30. The minimum Gasteiger partial charge on any atom is -0.862 e. The standard InChI is InChI=1S/C29H38ClN3O2/c1-29(2)13-11-22-17-21(5-10-27(22)35-29)18-25(20-32-14-3-4-15-32)31-28(34)23-12-16-33(19-23)26-8-6-24(30)7-9-26/h5-10,17,23,25H,3-4,11-16,18-20H2,1-2H3,(H,31,34)/p-1/t23-,25?/m1/s1. The third-order valence-electron chi connectivity index (χ3n) is 7.69. The molecule has 2 aromatic carbocycles. The van der Waals surface area contributed by atoms with Crippen LogP contribution >= 0.6 is 11.6 Å². The van der Waals surface area contributed by atoms with E-state index in [-0.39, 0.29) is 23.5 Å². The van der Waals surface area contributed by atoms with Gasteiger partial charge in [-0.05, 0) is 113 Å². The molecule has 0 radical (unpaired) electrons. The first kappa shape index (κ1) is 24.5. The molecule has 3 aliphatic heterocycles. The van der Waals surface area contributed by atoms with Crippen LogP contribution in [0.5, 0.6) is 5.75 Å². The summed E-state index contributed by atoms with van der Waals surface area (Å²) in [5.74, 6) is 1.03. The molecule has 35 heavy (non-hydrogen) atoms. The van der Waals surface area contributed by atoms with Crippen molar-refractivity contribution in [2.75, 3.05) is 37.6 Å². The van der Waals surface area contributed by atoms with Crippen molar-refractivity contribution in [2.24, 2.45) is 10.9 Å².